The van der Waals surface area contributed by atoms with Crippen LogP contribution >= 0.6 is 27.5 Å². The minimum absolute atomic E-state index is 0.147. The second-order valence-corrected chi connectivity index (χ2v) is 4.68. The van der Waals surface area contributed by atoms with Crippen LogP contribution in [0.1, 0.15) is 21.7 Å². The lowest BCUT2D eigenvalue weighted by atomic mass is 10.0. The van der Waals surface area contributed by atoms with Gasteiger partial charge >= 0.3 is 0 Å². The summed E-state index contributed by atoms with van der Waals surface area (Å²) < 4.78 is 5.80. The standard InChI is InChI=1S/C12H8BrClO2/c1-7-6-8(14)2-3-9(7)11(15)12-10(13)4-5-16-12/h2-6H,1H3. The number of carbonyl (C=O) groups is 1. The van der Waals surface area contributed by atoms with Crippen LogP contribution in [0, 0.1) is 6.92 Å². The van der Waals surface area contributed by atoms with Crippen LogP contribution in [0.25, 0.3) is 0 Å². The molecule has 0 radical (unpaired) electrons. The van der Waals surface area contributed by atoms with Crippen LogP contribution in [-0.2, 0) is 0 Å². The number of benzene rings is 1. The first-order valence-electron chi connectivity index (χ1n) is 4.63. The molecule has 1 heterocycles. The minimum atomic E-state index is -0.147. The van der Waals surface area contributed by atoms with Crippen molar-refractivity contribution in [2.24, 2.45) is 0 Å². The van der Waals surface area contributed by atoms with Gasteiger partial charge in [-0.05, 0) is 52.7 Å². The summed E-state index contributed by atoms with van der Waals surface area (Å²) in [6, 6.07) is 6.84. The number of hydrogen-bond donors (Lipinski definition) is 0. The molecule has 1 aromatic heterocycles. The first kappa shape index (κ1) is 11.4. The van der Waals surface area contributed by atoms with Crippen molar-refractivity contribution in [1.29, 1.82) is 0 Å². The van der Waals surface area contributed by atoms with Gasteiger partial charge in [-0.15, -0.1) is 0 Å². The van der Waals surface area contributed by atoms with Crippen molar-refractivity contribution in [3.8, 4) is 0 Å². The summed E-state index contributed by atoms with van der Waals surface area (Å²) in [5.41, 5.74) is 1.43. The van der Waals surface area contributed by atoms with Gasteiger partial charge in [-0.2, -0.15) is 0 Å². The molecule has 0 amide bonds. The molecule has 0 spiro atoms. The van der Waals surface area contributed by atoms with Crippen molar-refractivity contribution in [2.75, 3.05) is 0 Å². The summed E-state index contributed by atoms with van der Waals surface area (Å²) in [5.74, 6) is 0.163. The molecule has 0 fully saturated rings. The number of hydrogen-bond acceptors (Lipinski definition) is 2. The molecule has 0 bridgehead atoms. The Labute approximate surface area is 106 Å². The normalized spacial score (nSPS) is 10.4. The molecule has 4 heteroatoms. The fraction of sp³-hybridized carbons (Fsp3) is 0.0833. The second kappa shape index (κ2) is 4.44. The Bertz CT molecular complexity index is 546. The van der Waals surface area contributed by atoms with Crippen molar-refractivity contribution in [3.63, 3.8) is 0 Å². The molecule has 0 saturated carbocycles. The predicted octanol–water partition coefficient (Wildman–Crippen LogP) is 4.23. The predicted molar refractivity (Wildman–Crippen MR) is 66.0 cm³/mol. The number of carbonyl (C=O) groups excluding carboxylic acids is 1. The smallest absolute Gasteiger partial charge is 0.229 e. The van der Waals surface area contributed by atoms with E-state index in [0.717, 1.165) is 5.56 Å². The molecular formula is C12H8BrClO2. The molecule has 2 nitrogen and oxygen atoms in total. The first-order valence-corrected chi connectivity index (χ1v) is 5.80. The second-order valence-electron chi connectivity index (χ2n) is 3.39. The summed E-state index contributed by atoms with van der Waals surface area (Å²) in [7, 11) is 0. The molecular weight excluding hydrogens is 291 g/mol. The lowest BCUT2D eigenvalue weighted by molar-refractivity contribution is 0.101. The zero-order chi connectivity index (χ0) is 11.7. The number of ketones is 1. The summed E-state index contributed by atoms with van der Waals surface area (Å²) in [6.07, 6.45) is 1.47. The van der Waals surface area contributed by atoms with Crippen LogP contribution in [0.2, 0.25) is 5.02 Å². The molecule has 1 aromatic carbocycles. The van der Waals surface area contributed by atoms with Crippen LogP contribution in [0.15, 0.2) is 39.4 Å². The zero-order valence-corrected chi connectivity index (χ0v) is 10.8. The van der Waals surface area contributed by atoms with E-state index in [-0.39, 0.29) is 5.78 Å². The monoisotopic (exact) mass is 298 g/mol. The van der Waals surface area contributed by atoms with Gasteiger partial charge in [0.2, 0.25) is 5.78 Å². The highest BCUT2D eigenvalue weighted by Crippen LogP contribution is 2.23. The SMILES string of the molecule is Cc1cc(Cl)ccc1C(=O)c1occc1Br. The van der Waals surface area contributed by atoms with Gasteiger partial charge in [-0.25, -0.2) is 0 Å². The highest BCUT2D eigenvalue weighted by atomic mass is 79.9. The third-order valence-electron chi connectivity index (χ3n) is 2.26. The van der Waals surface area contributed by atoms with E-state index in [9.17, 15) is 4.79 Å². The minimum Gasteiger partial charge on any atom is -0.460 e. The van der Waals surface area contributed by atoms with Crippen LogP contribution < -0.4 is 0 Å². The Morgan fingerprint density at radius 3 is 2.69 bits per heavy atom. The molecule has 2 rings (SSSR count). The number of aryl methyl sites for hydroxylation is 1. The maximum atomic E-state index is 12.1. The maximum absolute atomic E-state index is 12.1. The van der Waals surface area contributed by atoms with Gasteiger partial charge in [0.05, 0.1) is 10.7 Å². The van der Waals surface area contributed by atoms with Crippen molar-refractivity contribution < 1.29 is 9.21 Å². The van der Waals surface area contributed by atoms with E-state index < -0.39 is 0 Å². The van der Waals surface area contributed by atoms with Gasteiger partial charge in [-0.3, -0.25) is 4.79 Å². The third kappa shape index (κ3) is 2.06. The molecule has 2 aromatic rings. The van der Waals surface area contributed by atoms with E-state index in [4.69, 9.17) is 16.0 Å². The van der Waals surface area contributed by atoms with Crippen LogP contribution in [0.5, 0.6) is 0 Å². The van der Waals surface area contributed by atoms with E-state index in [1.807, 2.05) is 6.92 Å². The lowest BCUT2D eigenvalue weighted by Gasteiger charge is -2.03. The quantitative estimate of drug-likeness (QED) is 0.777. The average Bonchev–Trinajstić information content (AvgIpc) is 2.63. The Morgan fingerprint density at radius 2 is 2.12 bits per heavy atom. The van der Waals surface area contributed by atoms with E-state index in [2.05, 4.69) is 15.9 Å². The molecule has 0 aliphatic carbocycles. The molecule has 0 aliphatic rings. The molecule has 0 atom stereocenters. The van der Waals surface area contributed by atoms with Crippen LogP contribution in [0.3, 0.4) is 0 Å². The van der Waals surface area contributed by atoms with Gasteiger partial charge in [-0.1, -0.05) is 11.6 Å². The summed E-state index contributed by atoms with van der Waals surface area (Å²) >= 11 is 9.10. The number of halogens is 2. The fourth-order valence-corrected chi connectivity index (χ4v) is 2.07. The van der Waals surface area contributed by atoms with Crippen molar-refractivity contribution in [3.05, 3.63) is 56.9 Å². The largest absolute Gasteiger partial charge is 0.460 e. The Morgan fingerprint density at radius 1 is 1.38 bits per heavy atom. The summed E-state index contributed by atoms with van der Waals surface area (Å²) in [6.45, 7) is 1.84. The zero-order valence-electron chi connectivity index (χ0n) is 8.46. The average molecular weight is 300 g/mol. The Balaban J connectivity index is 2.46. The van der Waals surface area contributed by atoms with Gasteiger partial charge in [0.25, 0.3) is 0 Å². The van der Waals surface area contributed by atoms with Gasteiger partial charge in [0, 0.05) is 10.6 Å². The van der Waals surface area contributed by atoms with E-state index >= 15 is 0 Å². The fourth-order valence-electron chi connectivity index (χ4n) is 1.46. The van der Waals surface area contributed by atoms with Crippen molar-refractivity contribution in [2.45, 2.75) is 6.92 Å². The summed E-state index contributed by atoms with van der Waals surface area (Å²) in [5, 5.41) is 0.618. The lowest BCUT2D eigenvalue weighted by Crippen LogP contribution is -2.02. The molecule has 0 saturated heterocycles. The van der Waals surface area contributed by atoms with Gasteiger partial charge in [0.1, 0.15) is 0 Å². The van der Waals surface area contributed by atoms with Gasteiger partial charge in [0.15, 0.2) is 5.76 Å². The van der Waals surface area contributed by atoms with Crippen molar-refractivity contribution in [1.82, 2.24) is 0 Å². The Hall–Kier alpha value is -1.06. The van der Waals surface area contributed by atoms with Crippen LogP contribution in [-0.4, -0.2) is 5.78 Å². The van der Waals surface area contributed by atoms with Gasteiger partial charge < -0.3 is 4.42 Å². The summed E-state index contributed by atoms with van der Waals surface area (Å²) in [4.78, 5) is 12.1. The molecule has 16 heavy (non-hydrogen) atoms. The van der Waals surface area contributed by atoms with Crippen LogP contribution in [0.4, 0.5) is 0 Å². The van der Waals surface area contributed by atoms with E-state index in [0.29, 0.717) is 20.8 Å². The Kier molecular flexibility index (Phi) is 3.17. The molecule has 0 unspecified atom stereocenters. The molecule has 82 valence electrons. The van der Waals surface area contributed by atoms with Crippen molar-refractivity contribution >= 4 is 33.3 Å². The topological polar surface area (TPSA) is 30.2 Å². The van der Waals surface area contributed by atoms with E-state index in [1.165, 1.54) is 6.26 Å². The molecule has 0 aliphatic heterocycles. The highest BCUT2D eigenvalue weighted by Gasteiger charge is 2.17. The molecule has 0 N–H and O–H groups in total. The maximum Gasteiger partial charge on any atom is 0.229 e. The van der Waals surface area contributed by atoms with E-state index in [1.54, 1.807) is 24.3 Å². The number of furan rings is 1. The first-order chi connectivity index (χ1) is 7.59. The highest BCUT2D eigenvalue weighted by molar-refractivity contribution is 9.10. The third-order valence-corrected chi connectivity index (χ3v) is 3.12. The number of rotatable bonds is 2.